The summed E-state index contributed by atoms with van der Waals surface area (Å²) in [5.41, 5.74) is 2.86. The van der Waals surface area contributed by atoms with Crippen LogP contribution in [0.25, 0.3) is 6.08 Å². The number of thiocarbonyl (C=S) groups is 1. The molecule has 1 aliphatic heterocycles. The van der Waals surface area contributed by atoms with E-state index in [2.05, 4.69) is 21.2 Å². The molecule has 0 unspecified atom stereocenters. The minimum atomic E-state index is -0.393. The van der Waals surface area contributed by atoms with E-state index >= 15 is 0 Å². The van der Waals surface area contributed by atoms with Gasteiger partial charge in [0, 0.05) is 10.2 Å². The minimum Gasteiger partial charge on any atom is -0.493 e. The van der Waals surface area contributed by atoms with Gasteiger partial charge >= 0.3 is 0 Å². The van der Waals surface area contributed by atoms with Crippen molar-refractivity contribution < 1.29 is 23.5 Å². The zero-order valence-corrected chi connectivity index (χ0v) is 22.4. The van der Waals surface area contributed by atoms with Crippen molar-refractivity contribution in [1.29, 1.82) is 0 Å². The van der Waals surface area contributed by atoms with E-state index in [1.807, 2.05) is 19.1 Å². The summed E-state index contributed by atoms with van der Waals surface area (Å²) in [7, 11) is 1.49. The molecule has 1 saturated heterocycles. The largest absolute Gasteiger partial charge is 0.493 e. The summed E-state index contributed by atoms with van der Waals surface area (Å²) in [6, 6.07) is 16.2. The van der Waals surface area contributed by atoms with Gasteiger partial charge in [0.05, 0.1) is 17.7 Å². The number of thioether (sulfide) groups is 1. The molecule has 4 rings (SSSR count). The van der Waals surface area contributed by atoms with Crippen LogP contribution in [0.4, 0.5) is 15.8 Å². The van der Waals surface area contributed by atoms with E-state index in [1.54, 1.807) is 30.3 Å². The standard InChI is InChI=1S/C26H20BrFN2O4S2/c1-15-11-18(6-9-20(15)27)29-24(31)14-34-21-10-3-16(12-22(21)33-2)13-23-25(32)30(26(35)36-23)19-7-4-17(28)5-8-19/h3-13H,14H2,1-2H3,(H,29,31)/b23-13-. The molecule has 0 spiro atoms. The Bertz CT molecular complexity index is 1380. The first-order chi connectivity index (χ1) is 17.2. The number of amides is 2. The van der Waals surface area contributed by atoms with Gasteiger partial charge in [0.25, 0.3) is 11.8 Å². The van der Waals surface area contributed by atoms with Crippen LogP contribution in [0, 0.1) is 12.7 Å². The van der Waals surface area contributed by atoms with Gasteiger partial charge in [0.2, 0.25) is 0 Å². The van der Waals surface area contributed by atoms with E-state index in [0.717, 1.165) is 21.8 Å². The second-order valence-corrected chi connectivity index (χ2v) is 10.2. The number of carbonyl (C=O) groups excluding carboxylic acids is 2. The van der Waals surface area contributed by atoms with Gasteiger partial charge in [-0.15, -0.1) is 0 Å². The van der Waals surface area contributed by atoms with Gasteiger partial charge in [-0.3, -0.25) is 14.5 Å². The molecule has 3 aromatic rings. The molecule has 1 aliphatic rings. The molecule has 3 aromatic carbocycles. The Balaban J connectivity index is 1.44. The van der Waals surface area contributed by atoms with Crippen LogP contribution in [0.15, 0.2) is 70.0 Å². The van der Waals surface area contributed by atoms with Crippen molar-refractivity contribution in [2.24, 2.45) is 0 Å². The fraction of sp³-hybridized carbons (Fsp3) is 0.115. The van der Waals surface area contributed by atoms with Crippen molar-refractivity contribution in [3.63, 3.8) is 0 Å². The lowest BCUT2D eigenvalue weighted by Crippen LogP contribution is -2.27. The summed E-state index contributed by atoms with van der Waals surface area (Å²) < 4.78 is 25.7. The Morgan fingerprint density at radius 1 is 1.14 bits per heavy atom. The van der Waals surface area contributed by atoms with Gasteiger partial charge in [-0.25, -0.2) is 4.39 Å². The average molecular weight is 587 g/mol. The van der Waals surface area contributed by atoms with Gasteiger partial charge in [-0.1, -0.05) is 46.0 Å². The average Bonchev–Trinajstić information content (AvgIpc) is 3.13. The Morgan fingerprint density at radius 3 is 2.58 bits per heavy atom. The SMILES string of the molecule is COc1cc(/C=C2\SC(=S)N(c3ccc(F)cc3)C2=O)ccc1OCC(=O)Nc1ccc(Br)c(C)c1. The van der Waals surface area contributed by atoms with Crippen molar-refractivity contribution in [3.05, 3.63) is 87.0 Å². The first kappa shape index (κ1) is 25.9. The molecule has 0 saturated carbocycles. The molecular formula is C26H20BrFN2O4S2. The number of anilines is 2. The molecule has 0 radical (unpaired) electrons. The third-order valence-electron chi connectivity index (χ3n) is 5.16. The summed E-state index contributed by atoms with van der Waals surface area (Å²) in [6.07, 6.45) is 1.69. The number of ether oxygens (including phenoxy) is 2. The second kappa shape index (κ2) is 11.2. The van der Waals surface area contributed by atoms with E-state index in [1.165, 1.54) is 36.3 Å². The molecule has 0 bridgehead atoms. The Morgan fingerprint density at radius 2 is 1.89 bits per heavy atom. The van der Waals surface area contributed by atoms with Crippen molar-refractivity contribution in [2.45, 2.75) is 6.92 Å². The van der Waals surface area contributed by atoms with Crippen LogP contribution in [0.3, 0.4) is 0 Å². The van der Waals surface area contributed by atoms with E-state index in [9.17, 15) is 14.0 Å². The summed E-state index contributed by atoms with van der Waals surface area (Å²) in [5, 5.41) is 2.79. The summed E-state index contributed by atoms with van der Waals surface area (Å²) >= 11 is 9.95. The van der Waals surface area contributed by atoms with Crippen LogP contribution in [0.2, 0.25) is 0 Å². The van der Waals surface area contributed by atoms with Crippen molar-refractivity contribution in [1.82, 2.24) is 0 Å². The number of hydrogen-bond acceptors (Lipinski definition) is 6. The monoisotopic (exact) mass is 586 g/mol. The molecule has 0 aromatic heterocycles. The van der Waals surface area contributed by atoms with Crippen molar-refractivity contribution in [3.8, 4) is 11.5 Å². The Hall–Kier alpha value is -3.21. The van der Waals surface area contributed by atoms with Gasteiger partial charge in [0.15, 0.2) is 22.4 Å². The lowest BCUT2D eigenvalue weighted by molar-refractivity contribution is -0.118. The quantitative estimate of drug-likeness (QED) is 0.258. The van der Waals surface area contributed by atoms with Crippen LogP contribution in [0.5, 0.6) is 11.5 Å². The van der Waals surface area contributed by atoms with E-state index in [4.69, 9.17) is 21.7 Å². The van der Waals surface area contributed by atoms with Gasteiger partial charge in [-0.05, 0) is 78.7 Å². The molecule has 1 fully saturated rings. The summed E-state index contributed by atoms with van der Waals surface area (Å²) in [4.78, 5) is 27.1. The highest BCUT2D eigenvalue weighted by molar-refractivity contribution is 9.10. The predicted octanol–water partition coefficient (Wildman–Crippen LogP) is 6.33. The number of carbonyl (C=O) groups is 2. The first-order valence-corrected chi connectivity index (χ1v) is 12.7. The maximum atomic E-state index is 13.3. The molecule has 1 heterocycles. The van der Waals surface area contributed by atoms with E-state index in [0.29, 0.717) is 37.7 Å². The van der Waals surface area contributed by atoms with Crippen LogP contribution in [0.1, 0.15) is 11.1 Å². The van der Waals surface area contributed by atoms with Crippen molar-refractivity contribution in [2.75, 3.05) is 23.9 Å². The van der Waals surface area contributed by atoms with Crippen LogP contribution < -0.4 is 19.7 Å². The zero-order chi connectivity index (χ0) is 25.8. The van der Waals surface area contributed by atoms with Gasteiger partial charge in [0.1, 0.15) is 5.82 Å². The molecular weight excluding hydrogens is 567 g/mol. The van der Waals surface area contributed by atoms with Crippen molar-refractivity contribution >= 4 is 73.5 Å². The van der Waals surface area contributed by atoms with E-state index < -0.39 is 5.82 Å². The summed E-state index contributed by atoms with van der Waals surface area (Å²) in [6.45, 7) is 1.73. The maximum Gasteiger partial charge on any atom is 0.270 e. The molecule has 0 aliphatic carbocycles. The molecule has 184 valence electrons. The minimum absolute atomic E-state index is 0.207. The zero-order valence-electron chi connectivity index (χ0n) is 19.2. The number of methoxy groups -OCH3 is 1. The highest BCUT2D eigenvalue weighted by atomic mass is 79.9. The number of nitrogens with zero attached hydrogens (tertiary/aromatic N) is 1. The molecule has 36 heavy (non-hydrogen) atoms. The van der Waals surface area contributed by atoms with Crippen LogP contribution >= 0.6 is 39.9 Å². The highest BCUT2D eigenvalue weighted by Gasteiger charge is 2.33. The number of rotatable bonds is 7. The van der Waals surface area contributed by atoms with Gasteiger partial charge < -0.3 is 14.8 Å². The second-order valence-electron chi connectivity index (χ2n) is 7.70. The van der Waals surface area contributed by atoms with Crippen LogP contribution in [-0.2, 0) is 9.59 Å². The molecule has 0 atom stereocenters. The summed E-state index contributed by atoms with van der Waals surface area (Å²) in [5.74, 6) is -0.209. The maximum absolute atomic E-state index is 13.3. The van der Waals surface area contributed by atoms with Gasteiger partial charge in [-0.2, -0.15) is 0 Å². The normalized spacial score (nSPS) is 14.3. The fourth-order valence-electron chi connectivity index (χ4n) is 3.39. The molecule has 1 N–H and O–H groups in total. The van der Waals surface area contributed by atoms with E-state index in [-0.39, 0.29) is 18.4 Å². The Labute approximate surface area is 225 Å². The van der Waals surface area contributed by atoms with Crippen LogP contribution in [-0.4, -0.2) is 29.9 Å². The lowest BCUT2D eigenvalue weighted by atomic mass is 10.2. The molecule has 6 nitrogen and oxygen atoms in total. The third kappa shape index (κ3) is 5.95. The number of halogens is 2. The number of hydrogen-bond donors (Lipinski definition) is 1. The fourth-order valence-corrected chi connectivity index (χ4v) is 4.93. The number of benzene rings is 3. The predicted molar refractivity (Wildman–Crippen MR) is 148 cm³/mol. The Kier molecular flexibility index (Phi) is 8.07. The number of aryl methyl sites for hydroxylation is 1. The third-order valence-corrected chi connectivity index (χ3v) is 7.36. The number of nitrogens with one attached hydrogen (secondary N) is 1. The molecule has 2 amide bonds. The molecule has 10 heteroatoms. The first-order valence-electron chi connectivity index (χ1n) is 10.7. The smallest absolute Gasteiger partial charge is 0.270 e. The highest BCUT2D eigenvalue weighted by Crippen LogP contribution is 2.37. The lowest BCUT2D eigenvalue weighted by Gasteiger charge is -2.14. The topological polar surface area (TPSA) is 67.9 Å².